The molecule has 0 aliphatic heterocycles. The summed E-state index contributed by atoms with van der Waals surface area (Å²) in [5.41, 5.74) is 1.12. The number of benzene rings is 1. The number of sulfone groups is 1. The third-order valence-corrected chi connectivity index (χ3v) is 5.34. The van der Waals surface area contributed by atoms with Crippen molar-refractivity contribution in [1.82, 2.24) is 20.2 Å². The molecule has 1 fully saturated rings. The Morgan fingerprint density at radius 2 is 1.92 bits per heavy atom. The number of hydrogen-bond donors (Lipinski definition) is 3. The maximum Gasteiger partial charge on any atom is 0.231 e. The maximum absolute atomic E-state index is 12.0. The van der Waals surface area contributed by atoms with E-state index in [-0.39, 0.29) is 5.03 Å². The average molecular weight is 423 g/mol. The largest absolute Gasteiger partial charge is 0.367 e. The molecular weight excluding hydrogens is 408 g/mol. The summed E-state index contributed by atoms with van der Waals surface area (Å²) in [6.45, 7) is 0. The van der Waals surface area contributed by atoms with Crippen LogP contribution in [0.1, 0.15) is 12.8 Å². The molecule has 25 heavy (non-hydrogen) atoms. The van der Waals surface area contributed by atoms with Crippen molar-refractivity contribution in [2.45, 2.75) is 23.9 Å². The van der Waals surface area contributed by atoms with E-state index in [1.807, 2.05) is 24.3 Å². The first-order chi connectivity index (χ1) is 11.9. The molecular formula is C15H15BrN6O2S. The summed E-state index contributed by atoms with van der Waals surface area (Å²) in [4.78, 5) is 8.81. The third kappa shape index (κ3) is 3.45. The van der Waals surface area contributed by atoms with Crippen LogP contribution < -0.4 is 10.6 Å². The molecule has 1 aromatic carbocycles. The van der Waals surface area contributed by atoms with Crippen LogP contribution in [-0.4, -0.2) is 40.9 Å². The Labute approximate surface area is 152 Å². The van der Waals surface area contributed by atoms with Gasteiger partial charge in [-0.05, 0) is 37.1 Å². The van der Waals surface area contributed by atoms with Crippen LogP contribution >= 0.6 is 15.9 Å². The number of nitrogens with zero attached hydrogens (tertiary/aromatic N) is 3. The Balaban J connectivity index is 1.79. The summed E-state index contributed by atoms with van der Waals surface area (Å²) in [6, 6.07) is 7.89. The van der Waals surface area contributed by atoms with Crippen LogP contribution in [0.15, 0.2) is 33.8 Å². The second-order valence-electron chi connectivity index (χ2n) is 5.97. The molecule has 8 nitrogen and oxygen atoms in total. The quantitative estimate of drug-likeness (QED) is 0.579. The summed E-state index contributed by atoms with van der Waals surface area (Å²) in [6.07, 6.45) is 3.20. The minimum absolute atomic E-state index is 0.0286. The number of H-pyrrole nitrogens is 1. The number of fused-ring (bicyclic) bond motifs is 1. The molecule has 0 saturated heterocycles. The molecule has 0 radical (unpaired) electrons. The number of hydrogen-bond acceptors (Lipinski definition) is 7. The van der Waals surface area contributed by atoms with Crippen LogP contribution in [0.3, 0.4) is 0 Å². The highest BCUT2D eigenvalue weighted by Gasteiger charge is 2.27. The molecule has 0 atom stereocenters. The number of halogens is 1. The summed E-state index contributed by atoms with van der Waals surface area (Å²) in [5, 5.41) is 13.4. The second-order valence-corrected chi connectivity index (χ2v) is 8.84. The van der Waals surface area contributed by atoms with E-state index in [4.69, 9.17) is 0 Å². The SMILES string of the molecule is CS(=O)(=O)c1[nH]nc2nc(Nc3ccc(Br)cc3)nc(NC3CC3)c12. The highest BCUT2D eigenvalue weighted by molar-refractivity contribution is 9.10. The van der Waals surface area contributed by atoms with Gasteiger partial charge in [0.15, 0.2) is 20.5 Å². The zero-order chi connectivity index (χ0) is 17.6. The minimum atomic E-state index is -3.46. The zero-order valence-electron chi connectivity index (χ0n) is 13.2. The fraction of sp³-hybridized carbons (Fsp3) is 0.267. The van der Waals surface area contributed by atoms with Crippen molar-refractivity contribution in [3.8, 4) is 0 Å². The van der Waals surface area contributed by atoms with E-state index in [0.717, 1.165) is 29.3 Å². The van der Waals surface area contributed by atoms with Gasteiger partial charge >= 0.3 is 0 Å². The van der Waals surface area contributed by atoms with Crippen molar-refractivity contribution in [3.05, 3.63) is 28.7 Å². The molecule has 1 saturated carbocycles. The van der Waals surface area contributed by atoms with Gasteiger partial charge in [0, 0.05) is 22.5 Å². The van der Waals surface area contributed by atoms with E-state index >= 15 is 0 Å². The van der Waals surface area contributed by atoms with Gasteiger partial charge < -0.3 is 10.6 Å². The molecule has 3 aromatic rings. The first-order valence-corrected chi connectivity index (χ1v) is 10.3. The third-order valence-electron chi connectivity index (χ3n) is 3.77. The van der Waals surface area contributed by atoms with Gasteiger partial charge in [-0.1, -0.05) is 15.9 Å². The minimum Gasteiger partial charge on any atom is -0.367 e. The number of aromatic amines is 1. The molecule has 10 heteroatoms. The summed E-state index contributed by atoms with van der Waals surface area (Å²) in [5.74, 6) is 0.825. The van der Waals surface area contributed by atoms with E-state index in [2.05, 4.69) is 46.7 Å². The van der Waals surface area contributed by atoms with Gasteiger partial charge in [-0.3, -0.25) is 5.10 Å². The first kappa shape index (κ1) is 16.3. The van der Waals surface area contributed by atoms with Crippen molar-refractivity contribution >= 4 is 54.3 Å². The van der Waals surface area contributed by atoms with E-state index in [1.54, 1.807) is 0 Å². The van der Waals surface area contributed by atoms with Crippen LogP contribution in [-0.2, 0) is 9.84 Å². The van der Waals surface area contributed by atoms with Gasteiger partial charge in [0.05, 0.1) is 0 Å². The highest BCUT2D eigenvalue weighted by Crippen LogP contribution is 2.32. The fourth-order valence-electron chi connectivity index (χ4n) is 2.41. The van der Waals surface area contributed by atoms with Gasteiger partial charge in [-0.15, -0.1) is 0 Å². The molecule has 130 valence electrons. The van der Waals surface area contributed by atoms with E-state index in [0.29, 0.717) is 28.8 Å². The van der Waals surface area contributed by atoms with Gasteiger partial charge in [-0.25, -0.2) is 8.42 Å². The van der Waals surface area contributed by atoms with Gasteiger partial charge in [0.1, 0.15) is 11.2 Å². The molecule has 4 rings (SSSR count). The van der Waals surface area contributed by atoms with Crippen molar-refractivity contribution < 1.29 is 8.42 Å². The van der Waals surface area contributed by atoms with Crippen molar-refractivity contribution in [1.29, 1.82) is 0 Å². The lowest BCUT2D eigenvalue weighted by molar-refractivity contribution is 0.598. The van der Waals surface area contributed by atoms with Crippen LogP contribution in [0.4, 0.5) is 17.5 Å². The highest BCUT2D eigenvalue weighted by atomic mass is 79.9. The number of rotatable bonds is 5. The van der Waals surface area contributed by atoms with E-state index in [1.165, 1.54) is 0 Å². The van der Waals surface area contributed by atoms with Crippen LogP contribution in [0, 0.1) is 0 Å². The lowest BCUT2D eigenvalue weighted by Crippen LogP contribution is -2.08. The molecule has 0 unspecified atom stereocenters. The predicted octanol–water partition coefficient (Wildman–Crippen LogP) is 2.84. The fourth-order valence-corrected chi connectivity index (χ4v) is 3.45. The van der Waals surface area contributed by atoms with Crippen molar-refractivity contribution in [2.24, 2.45) is 0 Å². The van der Waals surface area contributed by atoms with Crippen molar-refractivity contribution in [3.63, 3.8) is 0 Å². The first-order valence-electron chi connectivity index (χ1n) is 7.65. The number of nitrogens with one attached hydrogen (secondary N) is 3. The number of anilines is 3. The second kappa shape index (κ2) is 5.95. The summed E-state index contributed by atoms with van der Waals surface area (Å²) in [7, 11) is -3.46. The Hall–Kier alpha value is -2.20. The molecule has 1 aliphatic carbocycles. The molecule has 0 bridgehead atoms. The molecule has 1 aliphatic rings. The van der Waals surface area contributed by atoms with Crippen LogP contribution in [0.25, 0.3) is 11.0 Å². The van der Waals surface area contributed by atoms with E-state index in [9.17, 15) is 8.42 Å². The maximum atomic E-state index is 12.0. The topological polar surface area (TPSA) is 113 Å². The molecule has 0 amide bonds. The molecule has 3 N–H and O–H groups in total. The Bertz CT molecular complexity index is 1040. The lowest BCUT2D eigenvalue weighted by Gasteiger charge is -2.10. The smallest absolute Gasteiger partial charge is 0.231 e. The summed E-state index contributed by atoms with van der Waals surface area (Å²) < 4.78 is 25.0. The Morgan fingerprint density at radius 1 is 1.20 bits per heavy atom. The number of aromatic nitrogens is 4. The van der Waals surface area contributed by atoms with E-state index < -0.39 is 9.84 Å². The predicted molar refractivity (Wildman–Crippen MR) is 98.9 cm³/mol. The monoisotopic (exact) mass is 422 g/mol. The van der Waals surface area contributed by atoms with Gasteiger partial charge in [-0.2, -0.15) is 15.1 Å². The lowest BCUT2D eigenvalue weighted by atomic mass is 10.3. The normalized spacial score (nSPS) is 14.6. The zero-order valence-corrected chi connectivity index (χ0v) is 15.6. The molecule has 2 aromatic heterocycles. The van der Waals surface area contributed by atoms with Crippen LogP contribution in [0.2, 0.25) is 0 Å². The van der Waals surface area contributed by atoms with Crippen LogP contribution in [0.5, 0.6) is 0 Å². The average Bonchev–Trinajstić information content (AvgIpc) is 3.24. The Kier molecular flexibility index (Phi) is 3.88. The summed E-state index contributed by atoms with van der Waals surface area (Å²) >= 11 is 3.39. The standard InChI is InChI=1S/C15H15BrN6O2S/c1-25(23,24)14-11-12(17-9-6-7-9)19-15(20-13(11)21-22-14)18-10-4-2-8(16)3-5-10/h2-5,9H,6-7H2,1H3,(H3,17,18,19,20,21,22). The molecule has 0 spiro atoms. The van der Waals surface area contributed by atoms with Gasteiger partial charge in [0.25, 0.3) is 0 Å². The van der Waals surface area contributed by atoms with Crippen molar-refractivity contribution in [2.75, 3.05) is 16.9 Å². The van der Waals surface area contributed by atoms with Gasteiger partial charge in [0.2, 0.25) is 5.95 Å². The molecule has 2 heterocycles. The Morgan fingerprint density at radius 3 is 2.56 bits per heavy atom.